The molecule has 0 unspecified atom stereocenters. The van der Waals surface area contributed by atoms with E-state index in [4.69, 9.17) is 15.4 Å². The summed E-state index contributed by atoms with van der Waals surface area (Å²) < 4.78 is 66.5. The van der Waals surface area contributed by atoms with Gasteiger partial charge in [0.05, 0.1) is 24.4 Å². The second-order valence-electron chi connectivity index (χ2n) is 4.34. The number of aryl methyl sites for hydroxylation is 1. The van der Waals surface area contributed by atoms with E-state index in [1.165, 1.54) is 23.8 Å². The molecule has 0 aliphatic heterocycles. The largest absolute Gasteiger partial charge is 0.496 e. The maximum absolute atomic E-state index is 12.3. The number of fused-ring (bicyclic) bond motifs is 1. The molecular weight excluding hydrogens is 331 g/mol. The average molecular weight is 342 g/mol. The number of nitrogens with zero attached hydrogens (tertiary/aromatic N) is 1. The van der Waals surface area contributed by atoms with Crippen molar-refractivity contribution in [2.75, 3.05) is 7.11 Å². The van der Waals surface area contributed by atoms with Gasteiger partial charge in [-0.25, -0.2) is 8.42 Å². The van der Waals surface area contributed by atoms with Gasteiger partial charge in [-0.15, -0.1) is 0 Å². The molecule has 1 heterocycles. The third-order valence-electron chi connectivity index (χ3n) is 2.95. The zero-order chi connectivity index (χ0) is 15.8. The van der Waals surface area contributed by atoms with Crippen LogP contribution in [0.2, 0.25) is 0 Å². The van der Waals surface area contributed by atoms with Gasteiger partial charge < -0.3 is 9.30 Å². The fraction of sp³-hybridized carbons (Fsp3) is 0.333. The Morgan fingerprint density at radius 3 is 2.52 bits per heavy atom. The summed E-state index contributed by atoms with van der Waals surface area (Å²) in [5.74, 6) is 0.234. The SMILES string of the molecule is COc1cccc2c1c(S(=O)(=O)Cl)cn2CCC(F)(F)F. The van der Waals surface area contributed by atoms with E-state index >= 15 is 0 Å². The lowest BCUT2D eigenvalue weighted by atomic mass is 10.2. The maximum Gasteiger partial charge on any atom is 0.390 e. The molecule has 1 aromatic heterocycles. The van der Waals surface area contributed by atoms with Crippen LogP contribution in [0.15, 0.2) is 29.3 Å². The topological polar surface area (TPSA) is 48.3 Å². The number of rotatable bonds is 4. The number of aromatic nitrogens is 1. The van der Waals surface area contributed by atoms with Gasteiger partial charge in [-0.05, 0) is 12.1 Å². The minimum absolute atomic E-state index is 0.178. The summed E-state index contributed by atoms with van der Waals surface area (Å²) in [6.45, 7) is -0.403. The molecule has 0 N–H and O–H groups in total. The van der Waals surface area contributed by atoms with Gasteiger partial charge in [0, 0.05) is 23.4 Å². The zero-order valence-electron chi connectivity index (χ0n) is 10.8. The van der Waals surface area contributed by atoms with Crippen molar-refractivity contribution in [1.29, 1.82) is 0 Å². The van der Waals surface area contributed by atoms with Crippen LogP contribution in [-0.4, -0.2) is 26.3 Å². The lowest BCUT2D eigenvalue weighted by molar-refractivity contribution is -0.136. The fourth-order valence-corrected chi connectivity index (χ4v) is 3.12. The van der Waals surface area contributed by atoms with Crippen LogP contribution in [0.25, 0.3) is 10.9 Å². The number of hydrogen-bond acceptors (Lipinski definition) is 3. The molecule has 0 saturated carbocycles. The van der Waals surface area contributed by atoms with Crippen LogP contribution in [0.3, 0.4) is 0 Å². The van der Waals surface area contributed by atoms with Crippen LogP contribution in [0.4, 0.5) is 13.2 Å². The molecule has 0 aliphatic rings. The van der Waals surface area contributed by atoms with E-state index in [0.29, 0.717) is 5.52 Å². The summed E-state index contributed by atoms with van der Waals surface area (Å²) in [4.78, 5) is -0.265. The van der Waals surface area contributed by atoms with Crippen molar-refractivity contribution in [1.82, 2.24) is 4.57 Å². The minimum atomic E-state index is -4.34. The van der Waals surface area contributed by atoms with Crippen molar-refractivity contribution in [2.45, 2.75) is 24.0 Å². The highest BCUT2D eigenvalue weighted by Crippen LogP contribution is 2.35. The number of halogens is 4. The van der Waals surface area contributed by atoms with Crippen LogP contribution in [0.5, 0.6) is 5.75 Å². The van der Waals surface area contributed by atoms with Crippen molar-refractivity contribution in [3.63, 3.8) is 0 Å². The quantitative estimate of drug-likeness (QED) is 0.799. The van der Waals surface area contributed by atoms with E-state index in [2.05, 4.69) is 0 Å². The Kier molecular flexibility index (Phi) is 4.12. The van der Waals surface area contributed by atoms with E-state index in [-0.39, 0.29) is 16.0 Å². The first-order valence-corrected chi connectivity index (χ1v) is 8.11. The van der Waals surface area contributed by atoms with E-state index in [0.717, 1.165) is 6.20 Å². The van der Waals surface area contributed by atoms with Gasteiger partial charge in [0.25, 0.3) is 9.05 Å². The highest BCUT2D eigenvalue weighted by atomic mass is 35.7. The summed E-state index contributed by atoms with van der Waals surface area (Å²) in [5.41, 5.74) is 0.317. The smallest absolute Gasteiger partial charge is 0.390 e. The van der Waals surface area contributed by atoms with Crippen LogP contribution >= 0.6 is 10.7 Å². The number of methoxy groups -OCH3 is 1. The predicted molar refractivity (Wildman–Crippen MR) is 72.2 cm³/mol. The molecule has 0 saturated heterocycles. The third kappa shape index (κ3) is 3.44. The molecule has 0 bridgehead atoms. The maximum atomic E-state index is 12.3. The molecule has 1 aromatic carbocycles. The number of hydrogen-bond donors (Lipinski definition) is 0. The second-order valence-corrected chi connectivity index (χ2v) is 6.88. The Hall–Kier alpha value is -1.41. The summed E-state index contributed by atoms with van der Waals surface area (Å²) >= 11 is 0. The molecule has 0 atom stereocenters. The lowest BCUT2D eigenvalue weighted by Gasteiger charge is -2.08. The first-order valence-electron chi connectivity index (χ1n) is 5.81. The fourth-order valence-electron chi connectivity index (χ4n) is 2.07. The molecule has 9 heteroatoms. The first kappa shape index (κ1) is 16.0. The number of alkyl halides is 3. The molecule has 2 rings (SSSR count). The van der Waals surface area contributed by atoms with Crippen molar-refractivity contribution >= 4 is 30.6 Å². The van der Waals surface area contributed by atoms with Crippen molar-refractivity contribution in [3.05, 3.63) is 24.4 Å². The van der Waals surface area contributed by atoms with Crippen LogP contribution < -0.4 is 4.74 Å². The van der Waals surface area contributed by atoms with Gasteiger partial charge >= 0.3 is 6.18 Å². The predicted octanol–water partition coefficient (Wildman–Crippen LogP) is 3.53. The third-order valence-corrected chi connectivity index (χ3v) is 4.29. The Morgan fingerprint density at radius 1 is 1.33 bits per heavy atom. The van der Waals surface area contributed by atoms with Crippen LogP contribution in [-0.2, 0) is 15.6 Å². The van der Waals surface area contributed by atoms with E-state index in [9.17, 15) is 21.6 Å². The molecule has 0 aliphatic carbocycles. The summed E-state index contributed by atoms with van der Waals surface area (Å²) in [7, 11) is 2.59. The molecule has 116 valence electrons. The minimum Gasteiger partial charge on any atom is -0.496 e. The second kappa shape index (κ2) is 5.42. The Bertz CT molecular complexity index is 768. The lowest BCUT2D eigenvalue weighted by Crippen LogP contribution is -2.11. The molecule has 21 heavy (non-hydrogen) atoms. The average Bonchev–Trinajstić information content (AvgIpc) is 2.74. The standard InChI is InChI=1S/C12H11ClF3NO3S/c1-20-9-4-2-3-8-11(9)10(21(13,18)19)7-17(8)6-5-12(14,15)16/h2-4,7H,5-6H2,1H3. The molecule has 0 spiro atoms. The highest BCUT2D eigenvalue weighted by Gasteiger charge is 2.28. The van der Waals surface area contributed by atoms with Gasteiger partial charge in [-0.2, -0.15) is 13.2 Å². The Labute approximate surface area is 123 Å². The van der Waals surface area contributed by atoms with Crippen molar-refractivity contribution in [2.24, 2.45) is 0 Å². The first-order chi connectivity index (χ1) is 9.63. The zero-order valence-corrected chi connectivity index (χ0v) is 12.4. The molecule has 4 nitrogen and oxygen atoms in total. The molecule has 0 amide bonds. The van der Waals surface area contributed by atoms with Gasteiger partial charge in [0.15, 0.2) is 0 Å². The summed E-state index contributed by atoms with van der Waals surface area (Å²) in [6.07, 6.45) is -4.31. The van der Waals surface area contributed by atoms with E-state index < -0.39 is 28.2 Å². The Balaban J connectivity index is 2.63. The van der Waals surface area contributed by atoms with E-state index in [1.807, 2.05) is 0 Å². The summed E-state index contributed by atoms with van der Waals surface area (Å²) in [6, 6.07) is 4.59. The van der Waals surface area contributed by atoms with Gasteiger partial charge in [0.2, 0.25) is 0 Å². The van der Waals surface area contributed by atoms with E-state index in [1.54, 1.807) is 6.07 Å². The summed E-state index contributed by atoms with van der Waals surface area (Å²) in [5, 5.41) is 0.178. The van der Waals surface area contributed by atoms with Gasteiger partial charge in [0.1, 0.15) is 10.6 Å². The molecular formula is C12H11ClF3NO3S. The van der Waals surface area contributed by atoms with Crippen LogP contribution in [0.1, 0.15) is 6.42 Å². The van der Waals surface area contributed by atoms with Crippen molar-refractivity contribution < 1.29 is 26.3 Å². The molecule has 0 radical (unpaired) electrons. The Morgan fingerprint density at radius 2 is 2.00 bits per heavy atom. The molecule has 0 fully saturated rings. The molecule has 2 aromatic rings. The normalized spacial score (nSPS) is 12.8. The van der Waals surface area contributed by atoms with Crippen molar-refractivity contribution in [3.8, 4) is 5.75 Å². The monoisotopic (exact) mass is 341 g/mol. The number of benzene rings is 1. The number of ether oxygens (including phenoxy) is 1. The van der Waals surface area contributed by atoms with Crippen LogP contribution in [0, 0.1) is 0 Å². The van der Waals surface area contributed by atoms with Gasteiger partial charge in [-0.1, -0.05) is 6.07 Å². The van der Waals surface area contributed by atoms with Gasteiger partial charge in [-0.3, -0.25) is 0 Å². The highest BCUT2D eigenvalue weighted by molar-refractivity contribution is 8.14.